The Labute approximate surface area is 186 Å². The van der Waals surface area contributed by atoms with Gasteiger partial charge in [-0.3, -0.25) is 0 Å². The largest absolute Gasteiger partial charge is 0.493 e. The number of ether oxygens (including phenoxy) is 3. The van der Waals surface area contributed by atoms with Crippen molar-refractivity contribution in [3.63, 3.8) is 0 Å². The van der Waals surface area contributed by atoms with Gasteiger partial charge in [0.2, 0.25) is 11.7 Å². The first-order valence-corrected chi connectivity index (χ1v) is 11.3. The Kier molecular flexibility index (Phi) is 6.56. The average Bonchev–Trinajstić information content (AvgIpc) is 3.20. The Morgan fingerprint density at radius 3 is 2.32 bits per heavy atom. The lowest BCUT2D eigenvalue weighted by Gasteiger charge is -2.18. The van der Waals surface area contributed by atoms with Crippen molar-refractivity contribution in [3.8, 4) is 27.8 Å². The lowest BCUT2D eigenvalue weighted by Crippen LogP contribution is -2.03. The van der Waals surface area contributed by atoms with Gasteiger partial charge >= 0.3 is 0 Å². The standard InChI is InChI=1S/C23H28N4O3S/c1-14-21(31-22(25-14)15-8-6-5-7-9-15)17-10-11-24-23(27-17)26-16-12-18(28-2)20(30-4)19(13-16)29-3/h10-13,15H,5-9H2,1-4H3,(H,24,26,27). The molecule has 1 saturated carbocycles. The minimum Gasteiger partial charge on any atom is -0.493 e. The van der Waals surface area contributed by atoms with Gasteiger partial charge in [0.05, 0.1) is 42.6 Å². The van der Waals surface area contributed by atoms with Crippen molar-refractivity contribution in [1.29, 1.82) is 0 Å². The summed E-state index contributed by atoms with van der Waals surface area (Å²) in [5, 5.41) is 4.49. The Bertz CT molecular complexity index is 1020. The zero-order chi connectivity index (χ0) is 21.8. The number of nitrogens with zero attached hydrogens (tertiary/aromatic N) is 3. The number of hydrogen-bond donors (Lipinski definition) is 1. The van der Waals surface area contributed by atoms with Crippen molar-refractivity contribution >= 4 is 23.0 Å². The van der Waals surface area contributed by atoms with Gasteiger partial charge < -0.3 is 19.5 Å². The fourth-order valence-electron chi connectivity index (χ4n) is 4.01. The van der Waals surface area contributed by atoms with Crippen LogP contribution >= 0.6 is 11.3 Å². The molecule has 1 aliphatic rings. The number of rotatable bonds is 7. The Morgan fingerprint density at radius 2 is 1.68 bits per heavy atom. The first kappa shape index (κ1) is 21.4. The number of hydrogen-bond acceptors (Lipinski definition) is 8. The maximum Gasteiger partial charge on any atom is 0.227 e. The number of thiazole rings is 1. The number of aromatic nitrogens is 3. The van der Waals surface area contributed by atoms with Crippen molar-refractivity contribution in [2.45, 2.75) is 44.9 Å². The highest BCUT2D eigenvalue weighted by molar-refractivity contribution is 7.15. The summed E-state index contributed by atoms with van der Waals surface area (Å²) in [5.74, 6) is 2.76. The van der Waals surface area contributed by atoms with Gasteiger partial charge in [-0.1, -0.05) is 19.3 Å². The highest BCUT2D eigenvalue weighted by Crippen LogP contribution is 2.41. The summed E-state index contributed by atoms with van der Waals surface area (Å²) in [7, 11) is 4.77. The van der Waals surface area contributed by atoms with Gasteiger partial charge in [-0.15, -0.1) is 11.3 Å². The quantitative estimate of drug-likeness (QED) is 0.503. The van der Waals surface area contributed by atoms with E-state index in [9.17, 15) is 0 Å². The fraction of sp³-hybridized carbons (Fsp3) is 0.435. The number of anilines is 2. The molecule has 164 valence electrons. The normalized spacial score (nSPS) is 14.3. The van der Waals surface area contributed by atoms with Gasteiger partial charge in [-0.2, -0.15) is 0 Å². The van der Waals surface area contributed by atoms with Gasteiger partial charge in [0.1, 0.15) is 0 Å². The molecule has 3 aromatic rings. The minimum atomic E-state index is 0.499. The Balaban J connectivity index is 1.60. The molecule has 1 N–H and O–H groups in total. The van der Waals surface area contributed by atoms with Gasteiger partial charge in [-0.05, 0) is 25.8 Å². The van der Waals surface area contributed by atoms with E-state index in [1.165, 1.54) is 37.1 Å². The zero-order valence-corrected chi connectivity index (χ0v) is 19.2. The number of benzene rings is 1. The monoisotopic (exact) mass is 440 g/mol. The molecule has 2 aromatic heterocycles. The van der Waals surface area contributed by atoms with Crippen LogP contribution in [-0.4, -0.2) is 36.3 Å². The van der Waals surface area contributed by atoms with Crippen LogP contribution < -0.4 is 19.5 Å². The molecule has 0 bridgehead atoms. The van der Waals surface area contributed by atoms with E-state index in [-0.39, 0.29) is 0 Å². The second-order valence-corrected chi connectivity index (χ2v) is 8.64. The zero-order valence-electron chi connectivity index (χ0n) is 18.4. The molecule has 1 aromatic carbocycles. The van der Waals surface area contributed by atoms with E-state index in [0.717, 1.165) is 22.0 Å². The van der Waals surface area contributed by atoms with Crippen molar-refractivity contribution in [2.24, 2.45) is 0 Å². The van der Waals surface area contributed by atoms with E-state index in [1.807, 2.05) is 18.2 Å². The van der Waals surface area contributed by atoms with Crippen LogP contribution in [0.15, 0.2) is 24.4 Å². The third-order valence-corrected chi connectivity index (χ3v) is 6.92. The highest BCUT2D eigenvalue weighted by atomic mass is 32.1. The first-order chi connectivity index (χ1) is 15.1. The van der Waals surface area contributed by atoms with Crippen molar-refractivity contribution in [1.82, 2.24) is 15.0 Å². The molecule has 7 nitrogen and oxygen atoms in total. The number of aryl methyl sites for hydroxylation is 1. The van der Waals surface area contributed by atoms with E-state index in [4.69, 9.17) is 24.2 Å². The fourth-order valence-corrected chi connectivity index (χ4v) is 5.21. The van der Waals surface area contributed by atoms with Gasteiger partial charge in [0.15, 0.2) is 11.5 Å². The van der Waals surface area contributed by atoms with Crippen LogP contribution in [0.3, 0.4) is 0 Å². The molecule has 4 rings (SSSR count). The molecule has 8 heteroatoms. The van der Waals surface area contributed by atoms with Crippen LogP contribution in [0.2, 0.25) is 0 Å². The summed E-state index contributed by atoms with van der Waals surface area (Å²) in [4.78, 5) is 15.1. The molecule has 0 spiro atoms. The van der Waals surface area contributed by atoms with E-state index in [1.54, 1.807) is 38.9 Å². The van der Waals surface area contributed by atoms with Crippen LogP contribution in [0, 0.1) is 6.92 Å². The van der Waals surface area contributed by atoms with Crippen LogP contribution in [0.25, 0.3) is 10.6 Å². The summed E-state index contributed by atoms with van der Waals surface area (Å²) in [6, 6.07) is 5.60. The summed E-state index contributed by atoms with van der Waals surface area (Å²) >= 11 is 1.77. The Morgan fingerprint density at radius 1 is 0.968 bits per heavy atom. The van der Waals surface area contributed by atoms with E-state index >= 15 is 0 Å². The SMILES string of the molecule is COc1cc(Nc2nccc(-c3sc(C4CCCCC4)nc3C)n2)cc(OC)c1OC. The molecular weight excluding hydrogens is 412 g/mol. The number of nitrogens with one attached hydrogen (secondary N) is 1. The summed E-state index contributed by atoms with van der Waals surface area (Å²) < 4.78 is 16.3. The van der Waals surface area contributed by atoms with Gasteiger partial charge in [0.25, 0.3) is 0 Å². The van der Waals surface area contributed by atoms with Crippen LogP contribution in [0.4, 0.5) is 11.6 Å². The molecule has 2 heterocycles. The third-order valence-electron chi connectivity index (χ3n) is 5.58. The summed E-state index contributed by atoms with van der Waals surface area (Å²) in [6.45, 7) is 2.06. The summed E-state index contributed by atoms with van der Waals surface area (Å²) in [6.07, 6.45) is 8.19. The van der Waals surface area contributed by atoms with E-state index < -0.39 is 0 Å². The molecule has 0 aliphatic heterocycles. The third kappa shape index (κ3) is 4.58. The van der Waals surface area contributed by atoms with Crippen LogP contribution in [-0.2, 0) is 0 Å². The maximum absolute atomic E-state index is 5.43. The lowest BCUT2D eigenvalue weighted by atomic mass is 9.90. The van der Waals surface area contributed by atoms with E-state index in [2.05, 4.69) is 17.2 Å². The van der Waals surface area contributed by atoms with Crippen LogP contribution in [0.1, 0.15) is 48.7 Å². The molecule has 0 unspecified atom stereocenters. The molecule has 0 atom stereocenters. The summed E-state index contributed by atoms with van der Waals surface area (Å²) in [5.41, 5.74) is 2.65. The predicted octanol–water partition coefficient (Wildman–Crippen LogP) is 5.73. The average molecular weight is 441 g/mol. The Hall–Kier alpha value is -2.87. The molecule has 31 heavy (non-hydrogen) atoms. The van der Waals surface area contributed by atoms with Gasteiger partial charge in [-0.25, -0.2) is 15.0 Å². The van der Waals surface area contributed by atoms with Crippen molar-refractivity contribution < 1.29 is 14.2 Å². The lowest BCUT2D eigenvalue weighted by molar-refractivity contribution is 0.324. The minimum absolute atomic E-state index is 0.499. The highest BCUT2D eigenvalue weighted by Gasteiger charge is 2.21. The molecule has 0 amide bonds. The molecule has 0 saturated heterocycles. The second kappa shape index (κ2) is 9.51. The smallest absolute Gasteiger partial charge is 0.227 e. The predicted molar refractivity (Wildman–Crippen MR) is 123 cm³/mol. The topological polar surface area (TPSA) is 78.4 Å². The van der Waals surface area contributed by atoms with E-state index in [0.29, 0.717) is 29.1 Å². The van der Waals surface area contributed by atoms with Gasteiger partial charge in [0, 0.05) is 29.9 Å². The second-order valence-electron chi connectivity index (χ2n) is 7.61. The van der Waals surface area contributed by atoms with Crippen molar-refractivity contribution in [2.75, 3.05) is 26.6 Å². The molecule has 1 aliphatic carbocycles. The molecule has 0 radical (unpaired) electrons. The number of methoxy groups -OCH3 is 3. The van der Waals surface area contributed by atoms with Crippen LogP contribution in [0.5, 0.6) is 17.2 Å². The molecular formula is C23H28N4O3S. The molecule has 1 fully saturated rings. The maximum atomic E-state index is 5.43. The first-order valence-electron chi connectivity index (χ1n) is 10.5. The van der Waals surface area contributed by atoms with Crippen molar-refractivity contribution in [3.05, 3.63) is 35.1 Å².